The minimum atomic E-state index is -4.94. The maximum Gasteiger partial charge on any atom is 0.472 e. The highest BCUT2D eigenvalue weighted by Crippen LogP contribution is 2.45. The fourth-order valence-corrected chi connectivity index (χ4v) is 10.2. The van der Waals surface area contributed by atoms with Crippen molar-refractivity contribution in [3.8, 4) is 0 Å². The molecule has 0 aliphatic heterocycles. The Morgan fingerprint density at radius 3 is 0.872 bits per heavy atom. The van der Waals surface area contributed by atoms with E-state index in [4.69, 9.17) is 37.0 Å². The molecular formula is C59H114O17P2. The van der Waals surface area contributed by atoms with Crippen molar-refractivity contribution in [1.29, 1.82) is 0 Å². The number of hydrogen-bond donors (Lipinski definition) is 3. The molecule has 0 amide bonds. The van der Waals surface area contributed by atoms with Crippen LogP contribution in [0.15, 0.2) is 0 Å². The predicted octanol–water partition coefficient (Wildman–Crippen LogP) is 15.7. The number of rotatable bonds is 58. The molecular weight excluding hydrogens is 1040 g/mol. The molecule has 0 aliphatic rings. The van der Waals surface area contributed by atoms with Crippen LogP contribution in [0.25, 0.3) is 0 Å². The Balaban J connectivity index is 5.23. The molecule has 3 N–H and O–H groups in total. The van der Waals surface area contributed by atoms with E-state index >= 15 is 0 Å². The monoisotopic (exact) mass is 1160 g/mol. The fraction of sp³-hybridized carbons (Fsp3) is 0.932. The van der Waals surface area contributed by atoms with Crippen molar-refractivity contribution in [3.63, 3.8) is 0 Å². The summed E-state index contributed by atoms with van der Waals surface area (Å²) >= 11 is 0. The maximum atomic E-state index is 12.9. The van der Waals surface area contributed by atoms with Gasteiger partial charge in [0.25, 0.3) is 0 Å². The second-order valence-electron chi connectivity index (χ2n) is 22.3. The summed E-state index contributed by atoms with van der Waals surface area (Å²) in [7, 11) is -9.87. The van der Waals surface area contributed by atoms with Crippen molar-refractivity contribution in [2.75, 3.05) is 39.6 Å². The quantitative estimate of drug-likeness (QED) is 0.0222. The third kappa shape index (κ3) is 53.4. The summed E-state index contributed by atoms with van der Waals surface area (Å²) in [5, 5.41) is 10.5. The van der Waals surface area contributed by atoms with Crippen LogP contribution in [-0.4, -0.2) is 96.7 Å². The molecule has 19 heteroatoms. The highest BCUT2D eigenvalue weighted by Gasteiger charge is 2.30. The molecule has 0 aromatic carbocycles. The lowest BCUT2D eigenvalue weighted by Gasteiger charge is -2.21. The summed E-state index contributed by atoms with van der Waals surface area (Å²) in [5.41, 5.74) is 0. The number of aliphatic hydroxyl groups is 1. The molecule has 5 atom stereocenters. The van der Waals surface area contributed by atoms with Gasteiger partial charge in [0.15, 0.2) is 12.2 Å². The number of esters is 4. The molecule has 0 saturated heterocycles. The van der Waals surface area contributed by atoms with Crippen LogP contribution in [0.4, 0.5) is 0 Å². The highest BCUT2D eigenvalue weighted by atomic mass is 31.2. The van der Waals surface area contributed by atoms with Gasteiger partial charge in [-0.3, -0.25) is 37.3 Å². The summed E-state index contributed by atoms with van der Waals surface area (Å²) < 4.78 is 67.7. The van der Waals surface area contributed by atoms with Crippen LogP contribution in [0.3, 0.4) is 0 Å². The smallest absolute Gasteiger partial charge is 0.462 e. The minimum absolute atomic E-state index is 0.103. The van der Waals surface area contributed by atoms with Gasteiger partial charge in [-0.1, -0.05) is 234 Å². The normalized spacial score (nSPS) is 14.4. The SMILES string of the molecule is CCCCCCCCCCCC(=O)OC[C@H](COP(=O)(O)OC[C@H](O)COP(=O)(O)OC[C@@H](COC(=O)CCCCCCCCC(C)C)OC(=O)CCCCCCCCCCC(C)C)OC(=O)CCCCCCCCCCC. The van der Waals surface area contributed by atoms with Crippen LogP contribution in [0, 0.1) is 11.8 Å². The molecule has 17 nitrogen and oxygen atoms in total. The van der Waals surface area contributed by atoms with Crippen LogP contribution in [-0.2, 0) is 65.4 Å². The lowest BCUT2D eigenvalue weighted by atomic mass is 10.0. The van der Waals surface area contributed by atoms with E-state index in [9.17, 15) is 43.2 Å². The van der Waals surface area contributed by atoms with Gasteiger partial charge in [0.1, 0.15) is 19.3 Å². The Morgan fingerprint density at radius 1 is 0.346 bits per heavy atom. The van der Waals surface area contributed by atoms with Gasteiger partial charge in [-0.2, -0.15) is 0 Å². The number of carbonyl (C=O) groups is 4. The van der Waals surface area contributed by atoms with Crippen molar-refractivity contribution in [2.24, 2.45) is 11.8 Å². The maximum absolute atomic E-state index is 12.9. The van der Waals surface area contributed by atoms with E-state index in [0.29, 0.717) is 31.6 Å². The van der Waals surface area contributed by atoms with Crippen LogP contribution < -0.4 is 0 Å². The van der Waals surface area contributed by atoms with Crippen molar-refractivity contribution in [2.45, 2.75) is 304 Å². The topological polar surface area (TPSA) is 237 Å². The zero-order valence-electron chi connectivity index (χ0n) is 50.0. The number of aliphatic hydroxyl groups excluding tert-OH is 1. The summed E-state index contributed by atoms with van der Waals surface area (Å²) in [4.78, 5) is 71.8. The number of unbranched alkanes of at least 4 members (excludes halogenated alkanes) is 28. The highest BCUT2D eigenvalue weighted by molar-refractivity contribution is 7.47. The Hall–Kier alpha value is -1.94. The Morgan fingerprint density at radius 2 is 0.590 bits per heavy atom. The molecule has 0 bridgehead atoms. The molecule has 462 valence electrons. The van der Waals surface area contributed by atoms with Crippen molar-refractivity contribution < 1.29 is 80.2 Å². The zero-order valence-corrected chi connectivity index (χ0v) is 51.7. The Bertz CT molecular complexity index is 1550. The van der Waals surface area contributed by atoms with Gasteiger partial charge in [0.05, 0.1) is 26.4 Å². The summed E-state index contributed by atoms with van der Waals surface area (Å²) in [6.45, 7) is 9.29. The number of hydrogen-bond acceptors (Lipinski definition) is 15. The largest absolute Gasteiger partial charge is 0.472 e. The summed E-state index contributed by atoms with van der Waals surface area (Å²) in [6, 6.07) is 0. The average molecular weight is 1160 g/mol. The second-order valence-corrected chi connectivity index (χ2v) is 25.2. The second kappa shape index (κ2) is 51.9. The van der Waals surface area contributed by atoms with Gasteiger partial charge in [-0.15, -0.1) is 0 Å². The van der Waals surface area contributed by atoms with E-state index in [0.717, 1.165) is 102 Å². The first-order valence-electron chi connectivity index (χ1n) is 31.0. The third-order valence-corrected chi connectivity index (χ3v) is 15.4. The van der Waals surface area contributed by atoms with Crippen molar-refractivity contribution >= 4 is 39.5 Å². The molecule has 2 unspecified atom stereocenters. The van der Waals surface area contributed by atoms with Crippen LogP contribution in [0.5, 0.6) is 0 Å². The molecule has 0 rings (SSSR count). The number of phosphoric ester groups is 2. The van der Waals surface area contributed by atoms with E-state index in [1.165, 1.54) is 96.3 Å². The third-order valence-electron chi connectivity index (χ3n) is 13.5. The lowest BCUT2D eigenvalue weighted by Crippen LogP contribution is -2.30. The molecule has 0 aromatic heterocycles. The van der Waals surface area contributed by atoms with E-state index < -0.39 is 97.5 Å². The van der Waals surface area contributed by atoms with E-state index in [-0.39, 0.29) is 25.7 Å². The van der Waals surface area contributed by atoms with E-state index in [2.05, 4.69) is 41.5 Å². The Kier molecular flexibility index (Phi) is 50.6. The lowest BCUT2D eigenvalue weighted by molar-refractivity contribution is -0.161. The van der Waals surface area contributed by atoms with Gasteiger partial charge in [0.2, 0.25) is 0 Å². The standard InChI is InChI=1S/C59H114O17P2/c1-7-9-11-13-15-17-22-29-35-41-56(61)69-47-54(75-58(63)43-37-31-23-18-16-14-12-10-8-2)49-73-77(65,66)71-45-53(60)46-72-78(67,68)74-50-55(48-70-57(62)42-36-30-26-25-28-34-40-52(5)6)76-59(64)44-38-32-24-20-19-21-27-33-39-51(3)4/h51-55,60H,7-50H2,1-6H3,(H,65,66)(H,67,68)/t53-,54+,55+/m0/s1. The van der Waals surface area contributed by atoms with E-state index in [1.54, 1.807) is 0 Å². The van der Waals surface area contributed by atoms with Crippen molar-refractivity contribution in [1.82, 2.24) is 0 Å². The Labute approximate surface area is 473 Å². The number of carbonyl (C=O) groups excluding carboxylic acids is 4. The summed E-state index contributed by atoms with van der Waals surface area (Å²) in [5.74, 6) is -0.749. The minimum Gasteiger partial charge on any atom is -0.462 e. The number of phosphoric acid groups is 2. The number of ether oxygens (including phenoxy) is 4. The molecule has 0 heterocycles. The summed E-state index contributed by atoms with van der Waals surface area (Å²) in [6.07, 6.45) is 32.3. The first kappa shape index (κ1) is 76.1. The van der Waals surface area contributed by atoms with Crippen LogP contribution >= 0.6 is 15.6 Å². The van der Waals surface area contributed by atoms with Crippen LogP contribution in [0.2, 0.25) is 0 Å². The predicted molar refractivity (Wildman–Crippen MR) is 308 cm³/mol. The van der Waals surface area contributed by atoms with Gasteiger partial charge in [0, 0.05) is 25.7 Å². The molecule has 0 fully saturated rings. The van der Waals surface area contributed by atoms with Gasteiger partial charge in [-0.25, -0.2) is 9.13 Å². The molecule has 0 aromatic rings. The van der Waals surface area contributed by atoms with Gasteiger partial charge >= 0.3 is 39.5 Å². The van der Waals surface area contributed by atoms with Gasteiger partial charge in [-0.05, 0) is 37.5 Å². The molecule has 0 saturated carbocycles. The first-order valence-corrected chi connectivity index (χ1v) is 34.0. The zero-order chi connectivity index (χ0) is 58.0. The first-order chi connectivity index (χ1) is 37.4. The average Bonchev–Trinajstić information content (AvgIpc) is 3.39. The molecule has 0 spiro atoms. The fourth-order valence-electron chi connectivity index (χ4n) is 8.65. The van der Waals surface area contributed by atoms with Crippen molar-refractivity contribution in [3.05, 3.63) is 0 Å². The van der Waals surface area contributed by atoms with Gasteiger partial charge < -0.3 is 33.8 Å². The van der Waals surface area contributed by atoms with Crippen LogP contribution in [0.1, 0.15) is 286 Å². The van der Waals surface area contributed by atoms with E-state index in [1.807, 2.05) is 0 Å². The molecule has 0 radical (unpaired) electrons. The molecule has 78 heavy (non-hydrogen) atoms. The molecule has 0 aliphatic carbocycles.